The van der Waals surface area contributed by atoms with Crippen LogP contribution in [0, 0.1) is 0 Å². The van der Waals surface area contributed by atoms with Gasteiger partial charge in [0.15, 0.2) is 0 Å². The van der Waals surface area contributed by atoms with Gasteiger partial charge in [-0.3, -0.25) is 0 Å². The highest BCUT2D eigenvalue weighted by molar-refractivity contribution is 5.66. The van der Waals surface area contributed by atoms with E-state index in [0.717, 1.165) is 24.0 Å². The van der Waals surface area contributed by atoms with E-state index in [-0.39, 0.29) is 5.69 Å². The van der Waals surface area contributed by atoms with Gasteiger partial charge in [-0.2, -0.15) is 4.99 Å². The van der Waals surface area contributed by atoms with E-state index in [1.807, 2.05) is 24.3 Å². The first-order valence-electron chi connectivity index (χ1n) is 5.72. The molecule has 1 aliphatic carbocycles. The Morgan fingerprint density at radius 3 is 2.67 bits per heavy atom. The van der Waals surface area contributed by atoms with Gasteiger partial charge in [0.25, 0.3) is 0 Å². The van der Waals surface area contributed by atoms with Crippen LogP contribution in [0.3, 0.4) is 0 Å². The summed E-state index contributed by atoms with van der Waals surface area (Å²) in [5, 5.41) is 0. The van der Waals surface area contributed by atoms with Crippen molar-refractivity contribution >= 4 is 6.08 Å². The van der Waals surface area contributed by atoms with Gasteiger partial charge in [0.1, 0.15) is 0 Å². The van der Waals surface area contributed by atoms with E-state index in [4.69, 9.17) is 0 Å². The monoisotopic (exact) mass is 241 g/mol. The van der Waals surface area contributed by atoms with Gasteiger partial charge < -0.3 is 9.97 Å². The number of isocyanates is 1. The average molecular weight is 241 g/mol. The van der Waals surface area contributed by atoms with Crippen molar-refractivity contribution in [2.75, 3.05) is 0 Å². The van der Waals surface area contributed by atoms with Crippen LogP contribution in [0.2, 0.25) is 0 Å². The molecule has 5 nitrogen and oxygen atoms in total. The van der Waals surface area contributed by atoms with E-state index >= 15 is 0 Å². The summed E-state index contributed by atoms with van der Waals surface area (Å²) >= 11 is 0. The van der Waals surface area contributed by atoms with Gasteiger partial charge in [-0.15, -0.1) is 0 Å². The minimum absolute atomic E-state index is 0.247. The zero-order valence-corrected chi connectivity index (χ0v) is 9.56. The van der Waals surface area contributed by atoms with Crippen LogP contribution in [0.5, 0.6) is 0 Å². The number of aliphatic imine (C=N–C) groups is 1. The molecule has 1 aromatic heterocycles. The second-order valence-electron chi connectivity index (χ2n) is 4.44. The molecule has 0 radical (unpaired) electrons. The van der Waals surface area contributed by atoms with Crippen LogP contribution in [0.1, 0.15) is 18.4 Å². The highest BCUT2D eigenvalue weighted by Gasteiger charge is 2.46. The van der Waals surface area contributed by atoms with E-state index in [9.17, 15) is 9.59 Å². The van der Waals surface area contributed by atoms with Crippen molar-refractivity contribution in [3.63, 3.8) is 0 Å². The van der Waals surface area contributed by atoms with Gasteiger partial charge in [0.2, 0.25) is 6.08 Å². The Bertz CT molecular complexity index is 688. The second kappa shape index (κ2) is 3.82. The molecule has 0 atom stereocenters. The number of carbonyl (C=O) groups excluding carboxylic acids is 1. The van der Waals surface area contributed by atoms with Crippen LogP contribution in [0.25, 0.3) is 11.3 Å². The third kappa shape index (κ3) is 1.61. The quantitative estimate of drug-likeness (QED) is 0.633. The number of hydrogen-bond donors (Lipinski definition) is 2. The minimum atomic E-state index is -0.438. The lowest BCUT2D eigenvalue weighted by atomic mass is 9.97. The Labute approximate surface area is 103 Å². The van der Waals surface area contributed by atoms with Crippen LogP contribution >= 0.6 is 0 Å². The maximum atomic E-state index is 11.2. The summed E-state index contributed by atoms with van der Waals surface area (Å²) in [5.41, 5.74) is 1.88. The molecule has 0 aliphatic heterocycles. The van der Waals surface area contributed by atoms with Crippen molar-refractivity contribution in [3.8, 4) is 11.3 Å². The number of H-pyrrole nitrogens is 2. The molecule has 1 saturated carbocycles. The predicted octanol–water partition coefficient (Wildman–Crippen LogP) is 1.69. The number of nitrogens with zero attached hydrogens (tertiary/aromatic N) is 1. The number of nitrogens with one attached hydrogen (secondary N) is 2. The maximum absolute atomic E-state index is 11.2. The molecule has 3 rings (SSSR count). The van der Waals surface area contributed by atoms with Crippen LogP contribution in [-0.4, -0.2) is 16.0 Å². The predicted molar refractivity (Wildman–Crippen MR) is 65.9 cm³/mol. The molecule has 1 fully saturated rings. The Morgan fingerprint density at radius 2 is 2.06 bits per heavy atom. The van der Waals surface area contributed by atoms with Gasteiger partial charge in [-0.05, 0) is 18.4 Å². The van der Waals surface area contributed by atoms with Crippen molar-refractivity contribution < 1.29 is 4.79 Å². The van der Waals surface area contributed by atoms with Crippen molar-refractivity contribution in [3.05, 3.63) is 46.5 Å². The zero-order chi connectivity index (χ0) is 12.6. The summed E-state index contributed by atoms with van der Waals surface area (Å²) in [6.45, 7) is 0. The normalized spacial score (nSPS) is 16.0. The molecule has 18 heavy (non-hydrogen) atoms. The van der Waals surface area contributed by atoms with Gasteiger partial charge >= 0.3 is 5.69 Å². The Hall–Kier alpha value is -2.39. The van der Waals surface area contributed by atoms with Crippen LogP contribution in [-0.2, 0) is 10.3 Å². The smallest absolute Gasteiger partial charge is 0.312 e. The fourth-order valence-corrected chi connectivity index (χ4v) is 2.25. The molecular formula is C13H11N3O2. The lowest BCUT2D eigenvalue weighted by Crippen LogP contribution is -2.05. The van der Waals surface area contributed by atoms with Gasteiger partial charge in [-0.1, -0.05) is 24.3 Å². The van der Waals surface area contributed by atoms with Crippen LogP contribution < -0.4 is 5.69 Å². The van der Waals surface area contributed by atoms with Gasteiger partial charge in [0.05, 0.1) is 11.2 Å². The molecule has 90 valence electrons. The van der Waals surface area contributed by atoms with E-state index in [2.05, 4.69) is 15.0 Å². The fourth-order valence-electron chi connectivity index (χ4n) is 2.25. The third-order valence-corrected chi connectivity index (χ3v) is 3.30. The molecule has 1 aromatic carbocycles. The van der Waals surface area contributed by atoms with E-state index in [1.54, 1.807) is 12.3 Å². The Morgan fingerprint density at radius 1 is 1.28 bits per heavy atom. The number of rotatable bonds is 3. The molecule has 5 heteroatoms. The van der Waals surface area contributed by atoms with E-state index < -0.39 is 5.54 Å². The Kier molecular flexibility index (Phi) is 2.28. The first kappa shape index (κ1) is 10.7. The highest BCUT2D eigenvalue weighted by atomic mass is 16.1. The molecule has 0 saturated heterocycles. The fraction of sp³-hybridized carbons (Fsp3) is 0.231. The molecule has 0 spiro atoms. The number of hydrogen-bond acceptors (Lipinski definition) is 3. The number of benzene rings is 1. The maximum Gasteiger partial charge on any atom is 0.323 e. The largest absolute Gasteiger partial charge is 0.323 e. The average Bonchev–Trinajstić information content (AvgIpc) is 3.04. The van der Waals surface area contributed by atoms with Gasteiger partial charge in [-0.25, -0.2) is 9.59 Å². The summed E-state index contributed by atoms with van der Waals surface area (Å²) < 4.78 is 0. The van der Waals surface area contributed by atoms with Crippen molar-refractivity contribution in [2.24, 2.45) is 4.99 Å². The molecule has 1 heterocycles. The lowest BCUT2D eigenvalue weighted by Gasteiger charge is -2.12. The number of aromatic nitrogens is 2. The first-order valence-corrected chi connectivity index (χ1v) is 5.72. The highest BCUT2D eigenvalue weighted by Crippen LogP contribution is 2.51. The summed E-state index contributed by atoms with van der Waals surface area (Å²) in [6, 6.07) is 7.65. The molecule has 2 aromatic rings. The molecule has 0 bridgehead atoms. The lowest BCUT2D eigenvalue weighted by molar-refractivity contribution is 0.556. The summed E-state index contributed by atoms with van der Waals surface area (Å²) in [4.78, 5) is 30.9. The first-order chi connectivity index (χ1) is 8.75. The summed E-state index contributed by atoms with van der Waals surface area (Å²) in [7, 11) is 0. The molecule has 2 N–H and O–H groups in total. The van der Waals surface area contributed by atoms with Crippen LogP contribution in [0.4, 0.5) is 0 Å². The van der Waals surface area contributed by atoms with Crippen molar-refractivity contribution in [1.29, 1.82) is 0 Å². The second-order valence-corrected chi connectivity index (χ2v) is 4.44. The van der Waals surface area contributed by atoms with Gasteiger partial charge in [0, 0.05) is 11.8 Å². The SMILES string of the molecule is O=C=NC1(c2ccccc2-c2c[nH]c(=O)[nH]2)CC1. The van der Waals surface area contributed by atoms with Crippen molar-refractivity contribution in [1.82, 2.24) is 9.97 Å². The third-order valence-electron chi connectivity index (χ3n) is 3.30. The summed E-state index contributed by atoms with van der Waals surface area (Å²) in [5.74, 6) is 0. The molecular weight excluding hydrogens is 230 g/mol. The van der Waals surface area contributed by atoms with E-state index in [1.165, 1.54) is 0 Å². The molecule has 0 amide bonds. The molecule has 1 aliphatic rings. The number of aromatic amines is 2. The number of imidazole rings is 1. The standard InChI is InChI=1S/C13H11N3O2/c17-8-15-13(5-6-13)10-4-2-1-3-9(10)11-7-14-12(18)16-11/h1-4,7H,5-6H2,(H2,14,16,18). The van der Waals surface area contributed by atoms with Crippen LogP contribution in [0.15, 0.2) is 40.2 Å². The molecule has 0 unspecified atom stereocenters. The Balaban J connectivity index is 2.17. The van der Waals surface area contributed by atoms with Crippen molar-refractivity contribution in [2.45, 2.75) is 18.4 Å². The van der Waals surface area contributed by atoms with E-state index in [0.29, 0.717) is 5.69 Å². The topological polar surface area (TPSA) is 78.1 Å². The minimum Gasteiger partial charge on any atom is -0.312 e. The zero-order valence-electron chi connectivity index (χ0n) is 9.56. The summed E-state index contributed by atoms with van der Waals surface area (Å²) in [6.07, 6.45) is 4.96.